The van der Waals surface area contributed by atoms with Crippen LogP contribution < -0.4 is 4.90 Å². The van der Waals surface area contributed by atoms with Gasteiger partial charge in [-0.05, 0) is 31.5 Å². The summed E-state index contributed by atoms with van der Waals surface area (Å²) in [7, 11) is 0. The smallest absolute Gasteiger partial charge is 0.241 e. The van der Waals surface area contributed by atoms with E-state index in [1.54, 1.807) is 0 Å². The van der Waals surface area contributed by atoms with Gasteiger partial charge in [0, 0.05) is 44.0 Å². The number of nitrogens with zero attached hydrogens (tertiary/aromatic N) is 5. The summed E-state index contributed by atoms with van der Waals surface area (Å²) >= 11 is 0. The van der Waals surface area contributed by atoms with Crippen molar-refractivity contribution in [3.8, 4) is 11.4 Å². The number of rotatable bonds is 5. The minimum absolute atomic E-state index is 0.0449. The summed E-state index contributed by atoms with van der Waals surface area (Å²) in [5, 5.41) is 4.12. The summed E-state index contributed by atoms with van der Waals surface area (Å²) in [5.41, 5.74) is 2.18. The lowest BCUT2D eigenvalue weighted by atomic mass is 9.96. The van der Waals surface area contributed by atoms with Gasteiger partial charge in [-0.2, -0.15) is 4.98 Å². The lowest BCUT2D eigenvalue weighted by Gasteiger charge is -2.39. The number of aromatic nitrogens is 2. The molecule has 0 spiro atoms. The predicted molar refractivity (Wildman–Crippen MR) is 123 cm³/mol. The number of anilines is 1. The molecule has 7 nitrogen and oxygen atoms in total. The second-order valence-corrected chi connectivity index (χ2v) is 8.60. The molecule has 7 heteroatoms. The summed E-state index contributed by atoms with van der Waals surface area (Å²) in [6, 6.07) is 20.3. The quantitative estimate of drug-likeness (QED) is 0.618. The van der Waals surface area contributed by atoms with Crippen LogP contribution in [-0.2, 0) is 11.3 Å². The molecule has 3 heterocycles. The summed E-state index contributed by atoms with van der Waals surface area (Å²) < 4.78 is 5.48. The van der Waals surface area contributed by atoms with Crippen molar-refractivity contribution in [2.45, 2.75) is 19.4 Å². The molecule has 1 unspecified atom stereocenters. The number of carbonyl (C=O) groups is 1. The van der Waals surface area contributed by atoms with Crippen molar-refractivity contribution in [3.05, 3.63) is 66.6 Å². The van der Waals surface area contributed by atoms with Crippen LogP contribution in [0.5, 0.6) is 0 Å². The first kappa shape index (κ1) is 20.7. The number of piperidine rings is 1. The Kier molecular flexibility index (Phi) is 6.16. The fourth-order valence-electron chi connectivity index (χ4n) is 4.70. The van der Waals surface area contributed by atoms with Gasteiger partial charge in [0.2, 0.25) is 17.6 Å². The Morgan fingerprint density at radius 1 is 0.938 bits per heavy atom. The van der Waals surface area contributed by atoms with Crippen molar-refractivity contribution in [3.63, 3.8) is 0 Å². The van der Waals surface area contributed by atoms with Crippen molar-refractivity contribution in [2.75, 3.05) is 44.2 Å². The van der Waals surface area contributed by atoms with Crippen LogP contribution >= 0.6 is 0 Å². The summed E-state index contributed by atoms with van der Waals surface area (Å²) in [6.45, 7) is 5.64. The summed E-state index contributed by atoms with van der Waals surface area (Å²) in [5.74, 6) is 1.55. The van der Waals surface area contributed by atoms with E-state index in [-0.39, 0.29) is 11.8 Å². The van der Waals surface area contributed by atoms with Crippen molar-refractivity contribution >= 4 is 11.6 Å². The second-order valence-electron chi connectivity index (χ2n) is 8.60. The van der Waals surface area contributed by atoms with Gasteiger partial charge in [0.1, 0.15) is 0 Å². The zero-order valence-electron chi connectivity index (χ0n) is 18.3. The van der Waals surface area contributed by atoms with Gasteiger partial charge in [0.25, 0.3) is 0 Å². The zero-order chi connectivity index (χ0) is 21.8. The number of piperazine rings is 1. The molecule has 1 aromatic heterocycles. The number of hydrogen-bond donors (Lipinski definition) is 0. The van der Waals surface area contributed by atoms with Crippen molar-refractivity contribution in [2.24, 2.45) is 5.92 Å². The number of likely N-dealkylation sites (tertiary alicyclic amines) is 1. The van der Waals surface area contributed by atoms with Crippen molar-refractivity contribution in [1.29, 1.82) is 0 Å². The van der Waals surface area contributed by atoms with Gasteiger partial charge in [-0.3, -0.25) is 9.69 Å². The van der Waals surface area contributed by atoms with Gasteiger partial charge in [-0.25, -0.2) is 0 Å². The third kappa shape index (κ3) is 4.67. The van der Waals surface area contributed by atoms with Crippen LogP contribution in [0.1, 0.15) is 18.7 Å². The highest BCUT2D eigenvalue weighted by atomic mass is 16.5. The second kappa shape index (κ2) is 9.53. The predicted octanol–water partition coefficient (Wildman–Crippen LogP) is 3.30. The van der Waals surface area contributed by atoms with Crippen LogP contribution in [0.15, 0.2) is 65.2 Å². The Labute approximate surface area is 188 Å². The molecule has 0 N–H and O–H groups in total. The van der Waals surface area contributed by atoms with Crippen molar-refractivity contribution < 1.29 is 9.32 Å². The van der Waals surface area contributed by atoms with E-state index in [4.69, 9.17) is 4.52 Å². The van der Waals surface area contributed by atoms with Crippen LogP contribution in [0.4, 0.5) is 5.69 Å². The number of carbonyl (C=O) groups excluding carboxylic acids is 1. The maximum atomic E-state index is 13.2. The van der Waals surface area contributed by atoms with Gasteiger partial charge in [0.15, 0.2) is 0 Å². The Hall–Kier alpha value is -3.19. The topological polar surface area (TPSA) is 65.7 Å². The highest BCUT2D eigenvalue weighted by Gasteiger charge is 2.31. The number of para-hydroxylation sites is 1. The average molecular weight is 432 g/mol. The molecule has 2 saturated heterocycles. The third-order valence-corrected chi connectivity index (χ3v) is 6.43. The highest BCUT2D eigenvalue weighted by Crippen LogP contribution is 2.23. The highest BCUT2D eigenvalue weighted by molar-refractivity contribution is 5.79. The molecule has 1 amide bonds. The first-order valence-corrected chi connectivity index (χ1v) is 11.5. The molecule has 0 aliphatic carbocycles. The lowest BCUT2D eigenvalue weighted by molar-refractivity contribution is -0.137. The SMILES string of the molecule is O=C(C1CCCN(Cc2nc(-c3ccccc3)no2)C1)N1CCN(c2ccccc2)CC1. The van der Waals surface area contributed by atoms with Crippen LogP contribution in [0.2, 0.25) is 0 Å². The molecule has 5 rings (SSSR count). The minimum atomic E-state index is 0.0449. The number of hydrogen-bond acceptors (Lipinski definition) is 6. The molecule has 0 bridgehead atoms. The molecule has 0 radical (unpaired) electrons. The Bertz CT molecular complexity index is 1020. The number of benzene rings is 2. The molecule has 166 valence electrons. The van der Waals surface area contributed by atoms with E-state index in [0.29, 0.717) is 18.3 Å². The Balaban J connectivity index is 1.15. The van der Waals surface area contributed by atoms with Crippen LogP contribution in [-0.4, -0.2) is 65.1 Å². The standard InChI is InChI=1S/C25H29N5O2/c31-25(30-16-14-29(15-17-30)22-11-5-2-6-12-22)21-10-7-13-28(18-21)19-23-26-24(27-32-23)20-8-3-1-4-9-20/h1-6,8-9,11-12,21H,7,10,13-19H2. The molecular formula is C25H29N5O2. The van der Waals surface area contributed by atoms with Gasteiger partial charge < -0.3 is 14.3 Å². The first-order chi connectivity index (χ1) is 15.8. The van der Waals surface area contributed by atoms with Crippen LogP contribution in [0.25, 0.3) is 11.4 Å². The fraction of sp³-hybridized carbons (Fsp3) is 0.400. The van der Waals surface area contributed by atoms with E-state index in [9.17, 15) is 4.79 Å². The molecule has 2 aromatic carbocycles. The van der Waals surface area contributed by atoms with Gasteiger partial charge in [-0.1, -0.05) is 53.7 Å². The van der Waals surface area contributed by atoms with E-state index < -0.39 is 0 Å². The van der Waals surface area contributed by atoms with E-state index in [1.165, 1.54) is 5.69 Å². The van der Waals surface area contributed by atoms with Gasteiger partial charge >= 0.3 is 0 Å². The van der Waals surface area contributed by atoms with E-state index >= 15 is 0 Å². The molecule has 0 saturated carbocycles. The molecule has 1 atom stereocenters. The minimum Gasteiger partial charge on any atom is -0.368 e. The van der Waals surface area contributed by atoms with Crippen molar-refractivity contribution in [1.82, 2.24) is 19.9 Å². The van der Waals surface area contributed by atoms with Gasteiger partial charge in [-0.15, -0.1) is 0 Å². The van der Waals surface area contributed by atoms with Crippen LogP contribution in [0, 0.1) is 5.92 Å². The Morgan fingerprint density at radius 3 is 2.41 bits per heavy atom. The number of amides is 1. The monoisotopic (exact) mass is 431 g/mol. The van der Waals surface area contributed by atoms with Gasteiger partial charge in [0.05, 0.1) is 12.5 Å². The lowest BCUT2D eigenvalue weighted by Crippen LogP contribution is -2.52. The molecule has 3 aromatic rings. The van der Waals surface area contributed by atoms with E-state index in [1.807, 2.05) is 41.3 Å². The largest absolute Gasteiger partial charge is 0.368 e. The molecule has 2 aliphatic rings. The third-order valence-electron chi connectivity index (χ3n) is 6.43. The normalized spacial score (nSPS) is 19.8. The maximum Gasteiger partial charge on any atom is 0.241 e. The molecular weight excluding hydrogens is 402 g/mol. The van der Waals surface area contributed by atoms with E-state index in [2.05, 4.69) is 44.2 Å². The zero-order valence-corrected chi connectivity index (χ0v) is 18.3. The summed E-state index contributed by atoms with van der Waals surface area (Å²) in [6.07, 6.45) is 1.97. The molecule has 2 fully saturated rings. The average Bonchev–Trinajstić information content (AvgIpc) is 3.33. The first-order valence-electron chi connectivity index (χ1n) is 11.5. The Morgan fingerprint density at radius 2 is 1.66 bits per heavy atom. The molecule has 32 heavy (non-hydrogen) atoms. The van der Waals surface area contributed by atoms with Crippen LogP contribution in [0.3, 0.4) is 0 Å². The van der Waals surface area contributed by atoms with E-state index in [0.717, 1.165) is 57.7 Å². The maximum absolute atomic E-state index is 13.2. The molecule has 2 aliphatic heterocycles. The fourth-order valence-corrected chi connectivity index (χ4v) is 4.70. The summed E-state index contributed by atoms with van der Waals surface area (Å²) in [4.78, 5) is 24.4.